The Balaban J connectivity index is 1.19. The standard InChI is InChI=1S/C52H35N3O/c1-34(50-53-51(38-19-7-3-8-20-38)55-52(54-50)39-21-9-4-10-22-39)48(43-26-13-11-23-40(43)35-17-5-2-6-18-35)37-31-29-36(30-32-37)45-33-46-42-25-15-16-28-47(42)56-49(46)44-27-14-12-24-41(44)45/h2-33H,1H3/b48-34+. The Kier molecular flexibility index (Phi) is 8.34. The van der Waals surface area contributed by atoms with Crippen molar-refractivity contribution in [3.63, 3.8) is 0 Å². The number of allylic oxidation sites excluding steroid dienone is 1. The molecule has 2 heterocycles. The van der Waals surface area contributed by atoms with Gasteiger partial charge in [-0.1, -0.05) is 182 Å². The van der Waals surface area contributed by atoms with Crippen molar-refractivity contribution >= 4 is 43.9 Å². The molecule has 0 spiro atoms. The molecule has 2 aromatic heterocycles. The van der Waals surface area contributed by atoms with E-state index in [9.17, 15) is 0 Å². The van der Waals surface area contributed by atoms with E-state index in [1.54, 1.807) is 0 Å². The Hall–Kier alpha value is -7.43. The van der Waals surface area contributed by atoms with Crippen LogP contribution < -0.4 is 0 Å². The fourth-order valence-corrected chi connectivity index (χ4v) is 7.83. The summed E-state index contributed by atoms with van der Waals surface area (Å²) in [6, 6.07) is 67.5. The lowest BCUT2D eigenvalue weighted by molar-refractivity contribution is 0.672. The molecular formula is C52H35N3O. The van der Waals surface area contributed by atoms with E-state index in [2.05, 4.69) is 128 Å². The molecule has 0 atom stereocenters. The molecule has 0 saturated heterocycles. The minimum absolute atomic E-state index is 0.628. The second-order valence-electron chi connectivity index (χ2n) is 14.0. The van der Waals surface area contributed by atoms with E-state index in [-0.39, 0.29) is 0 Å². The summed E-state index contributed by atoms with van der Waals surface area (Å²) in [4.78, 5) is 15.3. The van der Waals surface area contributed by atoms with Gasteiger partial charge in [0.1, 0.15) is 11.2 Å². The third kappa shape index (κ3) is 5.94. The van der Waals surface area contributed by atoms with Crippen LogP contribution in [0.1, 0.15) is 23.9 Å². The van der Waals surface area contributed by atoms with Crippen LogP contribution in [0.3, 0.4) is 0 Å². The lowest BCUT2D eigenvalue weighted by Gasteiger charge is -2.18. The maximum absolute atomic E-state index is 6.42. The number of benzene rings is 8. The van der Waals surface area contributed by atoms with Gasteiger partial charge in [0, 0.05) is 32.9 Å². The molecule has 0 aliphatic heterocycles. The first-order valence-electron chi connectivity index (χ1n) is 18.9. The Morgan fingerprint density at radius 3 is 1.59 bits per heavy atom. The molecule has 0 aliphatic carbocycles. The summed E-state index contributed by atoms with van der Waals surface area (Å²) < 4.78 is 6.42. The van der Waals surface area contributed by atoms with Gasteiger partial charge in [0.15, 0.2) is 17.5 Å². The van der Waals surface area contributed by atoms with E-state index in [0.717, 1.165) is 88.4 Å². The molecule has 56 heavy (non-hydrogen) atoms. The van der Waals surface area contributed by atoms with Gasteiger partial charge in [-0.05, 0) is 63.4 Å². The molecule has 0 amide bonds. The molecule has 264 valence electrons. The van der Waals surface area contributed by atoms with Crippen molar-refractivity contribution in [1.82, 2.24) is 15.0 Å². The normalized spacial score (nSPS) is 11.9. The number of hydrogen-bond acceptors (Lipinski definition) is 4. The van der Waals surface area contributed by atoms with Crippen LogP contribution >= 0.6 is 0 Å². The van der Waals surface area contributed by atoms with E-state index >= 15 is 0 Å². The summed E-state index contributed by atoms with van der Waals surface area (Å²) in [5, 5.41) is 4.49. The van der Waals surface area contributed by atoms with Crippen molar-refractivity contribution in [3.05, 3.63) is 211 Å². The fraction of sp³-hybridized carbons (Fsp3) is 0.0192. The Bertz CT molecular complexity index is 3000. The Labute approximate surface area is 325 Å². The Morgan fingerprint density at radius 2 is 0.929 bits per heavy atom. The van der Waals surface area contributed by atoms with Crippen molar-refractivity contribution in [2.75, 3.05) is 0 Å². The number of para-hydroxylation sites is 1. The largest absolute Gasteiger partial charge is 0.455 e. The van der Waals surface area contributed by atoms with E-state index in [1.165, 1.54) is 0 Å². The highest BCUT2D eigenvalue weighted by Crippen LogP contribution is 2.42. The average Bonchev–Trinajstić information content (AvgIpc) is 3.66. The summed E-state index contributed by atoms with van der Waals surface area (Å²) in [7, 11) is 0. The van der Waals surface area contributed by atoms with Crippen LogP contribution in [-0.2, 0) is 0 Å². The molecule has 0 unspecified atom stereocenters. The van der Waals surface area contributed by atoms with Gasteiger partial charge in [0.05, 0.1) is 0 Å². The average molecular weight is 718 g/mol. The first-order valence-corrected chi connectivity index (χ1v) is 18.9. The molecule has 0 N–H and O–H groups in total. The maximum atomic E-state index is 6.42. The van der Waals surface area contributed by atoms with E-state index in [1.807, 2.05) is 72.8 Å². The smallest absolute Gasteiger partial charge is 0.164 e. The minimum atomic E-state index is 0.628. The molecule has 0 radical (unpaired) electrons. The lowest BCUT2D eigenvalue weighted by Crippen LogP contribution is -2.04. The number of aromatic nitrogens is 3. The van der Waals surface area contributed by atoms with Gasteiger partial charge in [-0.2, -0.15) is 0 Å². The summed E-state index contributed by atoms with van der Waals surface area (Å²) in [6.07, 6.45) is 0. The second kappa shape index (κ2) is 14.1. The monoisotopic (exact) mass is 717 g/mol. The van der Waals surface area contributed by atoms with Crippen molar-refractivity contribution in [1.29, 1.82) is 0 Å². The highest BCUT2D eigenvalue weighted by molar-refractivity contribution is 6.19. The molecule has 8 aromatic carbocycles. The van der Waals surface area contributed by atoms with Crippen molar-refractivity contribution < 1.29 is 4.42 Å². The number of furan rings is 1. The first kappa shape index (κ1) is 33.2. The zero-order valence-corrected chi connectivity index (χ0v) is 30.7. The Morgan fingerprint density at radius 1 is 0.411 bits per heavy atom. The van der Waals surface area contributed by atoms with E-state index in [0.29, 0.717) is 17.5 Å². The van der Waals surface area contributed by atoms with Crippen LogP contribution in [0.15, 0.2) is 199 Å². The van der Waals surface area contributed by atoms with Crippen LogP contribution in [0.4, 0.5) is 0 Å². The summed E-state index contributed by atoms with van der Waals surface area (Å²) in [5.41, 5.74) is 12.4. The summed E-state index contributed by atoms with van der Waals surface area (Å²) in [5.74, 6) is 1.89. The predicted molar refractivity (Wildman–Crippen MR) is 231 cm³/mol. The van der Waals surface area contributed by atoms with Gasteiger partial charge < -0.3 is 4.42 Å². The predicted octanol–water partition coefficient (Wildman–Crippen LogP) is 13.6. The highest BCUT2D eigenvalue weighted by atomic mass is 16.3. The second-order valence-corrected chi connectivity index (χ2v) is 14.0. The number of nitrogens with zero attached hydrogens (tertiary/aromatic N) is 3. The number of rotatable bonds is 7. The van der Waals surface area contributed by atoms with Gasteiger partial charge in [0.2, 0.25) is 0 Å². The zero-order valence-electron chi connectivity index (χ0n) is 30.7. The van der Waals surface area contributed by atoms with Crippen LogP contribution in [0.5, 0.6) is 0 Å². The third-order valence-corrected chi connectivity index (χ3v) is 10.6. The molecule has 0 fully saturated rings. The molecule has 10 rings (SSSR count). The van der Waals surface area contributed by atoms with Crippen molar-refractivity contribution in [2.24, 2.45) is 0 Å². The number of hydrogen-bond donors (Lipinski definition) is 0. The molecule has 0 aliphatic rings. The van der Waals surface area contributed by atoms with E-state index in [4.69, 9.17) is 19.4 Å². The molecule has 4 nitrogen and oxygen atoms in total. The van der Waals surface area contributed by atoms with Crippen LogP contribution in [-0.4, -0.2) is 15.0 Å². The van der Waals surface area contributed by atoms with Gasteiger partial charge in [-0.15, -0.1) is 0 Å². The zero-order chi connectivity index (χ0) is 37.4. The molecule has 4 heteroatoms. The van der Waals surface area contributed by atoms with E-state index < -0.39 is 0 Å². The molecule has 10 aromatic rings. The van der Waals surface area contributed by atoms with Crippen LogP contribution in [0.25, 0.3) is 88.9 Å². The first-order chi connectivity index (χ1) is 27.7. The molecular weight excluding hydrogens is 683 g/mol. The van der Waals surface area contributed by atoms with Gasteiger partial charge >= 0.3 is 0 Å². The van der Waals surface area contributed by atoms with Gasteiger partial charge in [-0.3, -0.25) is 0 Å². The SMILES string of the molecule is C/C(=C(/c1ccc(-c2cc3c4ccccc4oc3c3ccccc23)cc1)c1ccccc1-c1ccccc1)c1nc(-c2ccccc2)nc(-c2ccccc2)n1. The summed E-state index contributed by atoms with van der Waals surface area (Å²) in [6.45, 7) is 2.13. The summed E-state index contributed by atoms with van der Waals surface area (Å²) >= 11 is 0. The third-order valence-electron chi connectivity index (χ3n) is 10.6. The van der Waals surface area contributed by atoms with Crippen molar-refractivity contribution in [2.45, 2.75) is 6.92 Å². The topological polar surface area (TPSA) is 51.8 Å². The van der Waals surface area contributed by atoms with Gasteiger partial charge in [-0.25, -0.2) is 15.0 Å². The van der Waals surface area contributed by atoms with Gasteiger partial charge in [0.25, 0.3) is 0 Å². The van der Waals surface area contributed by atoms with Crippen LogP contribution in [0, 0.1) is 0 Å². The molecule has 0 bridgehead atoms. The molecule has 0 saturated carbocycles. The maximum Gasteiger partial charge on any atom is 0.164 e. The minimum Gasteiger partial charge on any atom is -0.455 e. The van der Waals surface area contributed by atoms with Crippen LogP contribution in [0.2, 0.25) is 0 Å². The lowest BCUT2D eigenvalue weighted by atomic mass is 9.86. The highest BCUT2D eigenvalue weighted by Gasteiger charge is 2.20. The fourth-order valence-electron chi connectivity index (χ4n) is 7.83. The number of fused-ring (bicyclic) bond motifs is 5. The van der Waals surface area contributed by atoms with Crippen molar-refractivity contribution in [3.8, 4) is 45.0 Å². The quantitative estimate of drug-likeness (QED) is 0.165.